The van der Waals surface area contributed by atoms with Crippen LogP contribution in [-0.2, 0) is 7.05 Å². The van der Waals surface area contributed by atoms with Crippen LogP contribution in [0.4, 0.5) is 0 Å². The largest absolute Gasteiger partial charge is 0.476 e. The maximum atomic E-state index is 11.3. The van der Waals surface area contributed by atoms with Crippen molar-refractivity contribution >= 4 is 16.9 Å². The molecule has 2 aromatic rings. The Bertz CT molecular complexity index is 601. The second-order valence-corrected chi connectivity index (χ2v) is 3.13. The molecule has 0 unspecified atom stereocenters. The van der Waals surface area contributed by atoms with E-state index in [4.69, 9.17) is 5.11 Å². The predicted octanol–water partition coefficient (Wildman–Crippen LogP) is 0.632. The summed E-state index contributed by atoms with van der Waals surface area (Å²) >= 11 is 0. The van der Waals surface area contributed by atoms with Gasteiger partial charge in [0.1, 0.15) is 0 Å². The topological polar surface area (TPSA) is 72.2 Å². The Kier molecular flexibility index (Phi) is 2.00. The molecule has 0 bridgehead atoms. The molecule has 0 spiro atoms. The minimum atomic E-state index is -1.10. The first-order chi connectivity index (χ1) is 7.11. The van der Waals surface area contributed by atoms with E-state index in [9.17, 15) is 9.59 Å². The molecule has 0 saturated heterocycles. The summed E-state index contributed by atoms with van der Waals surface area (Å²) in [7, 11) is 1.59. The summed E-state index contributed by atoms with van der Waals surface area (Å²) in [4.78, 5) is 25.9. The van der Waals surface area contributed by atoms with Gasteiger partial charge >= 0.3 is 5.97 Å². The lowest BCUT2D eigenvalue weighted by Gasteiger charge is -2.05. The molecule has 5 heteroatoms. The SMILES string of the molecule is Cn1c(=O)ccc2c(C(=O)O)nccc21. The molecule has 0 amide bonds. The predicted molar refractivity (Wildman–Crippen MR) is 53.9 cm³/mol. The van der Waals surface area contributed by atoms with E-state index in [2.05, 4.69) is 4.98 Å². The molecule has 15 heavy (non-hydrogen) atoms. The maximum Gasteiger partial charge on any atom is 0.355 e. The number of hydrogen-bond acceptors (Lipinski definition) is 3. The first-order valence-corrected chi connectivity index (χ1v) is 4.29. The molecular formula is C10H8N2O3. The number of nitrogens with zero attached hydrogens (tertiary/aromatic N) is 2. The lowest BCUT2D eigenvalue weighted by molar-refractivity contribution is 0.0693. The van der Waals surface area contributed by atoms with Crippen LogP contribution in [0.3, 0.4) is 0 Å². The highest BCUT2D eigenvalue weighted by Crippen LogP contribution is 2.13. The smallest absolute Gasteiger partial charge is 0.355 e. The Morgan fingerprint density at radius 3 is 2.80 bits per heavy atom. The third-order valence-corrected chi connectivity index (χ3v) is 2.25. The number of aromatic carboxylic acids is 1. The van der Waals surface area contributed by atoms with Crippen molar-refractivity contribution in [3.05, 3.63) is 40.4 Å². The van der Waals surface area contributed by atoms with Gasteiger partial charge in [-0.15, -0.1) is 0 Å². The van der Waals surface area contributed by atoms with Gasteiger partial charge in [-0.05, 0) is 12.1 Å². The summed E-state index contributed by atoms with van der Waals surface area (Å²) in [6, 6.07) is 4.42. The van der Waals surface area contributed by atoms with Gasteiger partial charge < -0.3 is 9.67 Å². The van der Waals surface area contributed by atoms with Crippen LogP contribution in [0.2, 0.25) is 0 Å². The van der Waals surface area contributed by atoms with Crippen LogP contribution in [0.15, 0.2) is 29.2 Å². The molecule has 0 saturated carbocycles. The van der Waals surface area contributed by atoms with Crippen LogP contribution in [-0.4, -0.2) is 20.6 Å². The van der Waals surface area contributed by atoms with Crippen LogP contribution in [0.25, 0.3) is 10.9 Å². The minimum absolute atomic E-state index is 0.0388. The average molecular weight is 204 g/mol. The van der Waals surface area contributed by atoms with Gasteiger partial charge in [-0.1, -0.05) is 0 Å². The van der Waals surface area contributed by atoms with Gasteiger partial charge in [0.15, 0.2) is 5.69 Å². The monoisotopic (exact) mass is 204 g/mol. The van der Waals surface area contributed by atoms with E-state index in [1.807, 2.05) is 0 Å². The van der Waals surface area contributed by atoms with Crippen LogP contribution in [0, 0.1) is 0 Å². The van der Waals surface area contributed by atoms with E-state index in [1.165, 1.54) is 22.9 Å². The van der Waals surface area contributed by atoms with E-state index in [0.29, 0.717) is 10.9 Å². The zero-order valence-electron chi connectivity index (χ0n) is 7.97. The molecular weight excluding hydrogens is 196 g/mol. The van der Waals surface area contributed by atoms with E-state index in [1.54, 1.807) is 13.1 Å². The summed E-state index contributed by atoms with van der Waals surface area (Å²) in [6.07, 6.45) is 1.38. The molecule has 0 fully saturated rings. The van der Waals surface area contributed by atoms with Crippen LogP contribution in [0.5, 0.6) is 0 Å². The third-order valence-electron chi connectivity index (χ3n) is 2.25. The zero-order valence-corrected chi connectivity index (χ0v) is 7.97. The van der Waals surface area contributed by atoms with Crippen molar-refractivity contribution in [2.75, 3.05) is 0 Å². The Hall–Kier alpha value is -2.17. The van der Waals surface area contributed by atoms with Crippen LogP contribution < -0.4 is 5.56 Å². The highest BCUT2D eigenvalue weighted by Gasteiger charge is 2.10. The molecule has 0 radical (unpaired) electrons. The quantitative estimate of drug-likeness (QED) is 0.739. The Morgan fingerprint density at radius 1 is 1.40 bits per heavy atom. The van der Waals surface area contributed by atoms with Gasteiger partial charge in [0.05, 0.1) is 5.52 Å². The van der Waals surface area contributed by atoms with Gasteiger partial charge in [-0.25, -0.2) is 9.78 Å². The van der Waals surface area contributed by atoms with Gasteiger partial charge in [-0.2, -0.15) is 0 Å². The Morgan fingerprint density at radius 2 is 2.13 bits per heavy atom. The number of pyridine rings is 2. The molecule has 0 aliphatic rings. The molecule has 0 aliphatic heterocycles. The number of carboxylic acids is 1. The molecule has 0 aromatic carbocycles. The first kappa shape index (κ1) is 9.39. The second kappa shape index (κ2) is 3.20. The number of carboxylic acid groups (broad SMARTS) is 1. The van der Waals surface area contributed by atoms with E-state index < -0.39 is 5.97 Å². The van der Waals surface area contributed by atoms with Crippen molar-refractivity contribution in [1.29, 1.82) is 0 Å². The van der Waals surface area contributed by atoms with E-state index in [0.717, 1.165) is 0 Å². The molecule has 2 rings (SSSR count). The summed E-state index contributed by atoms with van der Waals surface area (Å²) in [6.45, 7) is 0. The number of aromatic nitrogens is 2. The number of hydrogen-bond donors (Lipinski definition) is 1. The summed E-state index contributed by atoms with van der Waals surface area (Å²) in [5.41, 5.74) is 0.350. The molecule has 0 aliphatic carbocycles. The van der Waals surface area contributed by atoms with Crippen molar-refractivity contribution in [1.82, 2.24) is 9.55 Å². The molecule has 2 heterocycles. The minimum Gasteiger partial charge on any atom is -0.476 e. The molecule has 2 aromatic heterocycles. The standard InChI is InChI=1S/C10H8N2O3/c1-12-7-4-5-11-9(10(14)15)6(7)2-3-8(12)13/h2-5H,1H3,(H,14,15). The first-order valence-electron chi connectivity index (χ1n) is 4.29. The molecule has 5 nitrogen and oxygen atoms in total. The van der Waals surface area contributed by atoms with Crippen molar-refractivity contribution in [3.8, 4) is 0 Å². The van der Waals surface area contributed by atoms with Crippen molar-refractivity contribution in [2.24, 2.45) is 7.05 Å². The van der Waals surface area contributed by atoms with Gasteiger partial charge in [-0.3, -0.25) is 4.79 Å². The fourth-order valence-corrected chi connectivity index (χ4v) is 1.48. The number of carbonyl (C=O) groups is 1. The normalized spacial score (nSPS) is 10.5. The second-order valence-electron chi connectivity index (χ2n) is 3.13. The third kappa shape index (κ3) is 1.38. The molecule has 1 N–H and O–H groups in total. The highest BCUT2D eigenvalue weighted by molar-refractivity contribution is 6.00. The van der Waals surface area contributed by atoms with Crippen molar-refractivity contribution in [3.63, 3.8) is 0 Å². The fourth-order valence-electron chi connectivity index (χ4n) is 1.48. The average Bonchev–Trinajstić information content (AvgIpc) is 2.23. The summed E-state index contributed by atoms with van der Waals surface area (Å²) in [5, 5.41) is 9.36. The summed E-state index contributed by atoms with van der Waals surface area (Å²) in [5.74, 6) is -1.10. The van der Waals surface area contributed by atoms with Gasteiger partial charge in [0.2, 0.25) is 0 Å². The number of rotatable bonds is 1. The van der Waals surface area contributed by atoms with E-state index in [-0.39, 0.29) is 11.3 Å². The number of aryl methyl sites for hydroxylation is 1. The zero-order chi connectivity index (χ0) is 11.0. The summed E-state index contributed by atoms with van der Waals surface area (Å²) < 4.78 is 1.39. The highest BCUT2D eigenvalue weighted by atomic mass is 16.4. The van der Waals surface area contributed by atoms with E-state index >= 15 is 0 Å². The molecule has 0 atom stereocenters. The van der Waals surface area contributed by atoms with Gasteiger partial charge in [0, 0.05) is 24.7 Å². The fraction of sp³-hybridized carbons (Fsp3) is 0.100. The Labute approximate surface area is 84.6 Å². The van der Waals surface area contributed by atoms with Crippen molar-refractivity contribution < 1.29 is 9.90 Å². The maximum absolute atomic E-state index is 11.3. The van der Waals surface area contributed by atoms with Crippen LogP contribution >= 0.6 is 0 Å². The molecule has 76 valence electrons. The van der Waals surface area contributed by atoms with Crippen LogP contribution in [0.1, 0.15) is 10.5 Å². The van der Waals surface area contributed by atoms with Crippen molar-refractivity contribution in [2.45, 2.75) is 0 Å². The lowest BCUT2D eigenvalue weighted by atomic mass is 10.2. The number of fused-ring (bicyclic) bond motifs is 1. The van der Waals surface area contributed by atoms with Gasteiger partial charge in [0.25, 0.3) is 5.56 Å². The lowest BCUT2D eigenvalue weighted by Crippen LogP contribution is -2.16. The Balaban J connectivity index is 2.96.